The highest BCUT2D eigenvalue weighted by molar-refractivity contribution is 5.85. The smallest absolute Gasteiger partial charge is 0.239 e. The third-order valence-corrected chi connectivity index (χ3v) is 3.84. The highest BCUT2D eigenvalue weighted by Crippen LogP contribution is 2.18. The summed E-state index contributed by atoms with van der Waals surface area (Å²) in [6.07, 6.45) is 3.95. The van der Waals surface area contributed by atoms with Crippen LogP contribution in [0.1, 0.15) is 12.0 Å². The zero-order chi connectivity index (χ0) is 14.5. The molecule has 1 aliphatic heterocycles. The van der Waals surface area contributed by atoms with E-state index in [4.69, 9.17) is 4.74 Å². The van der Waals surface area contributed by atoms with Gasteiger partial charge in [-0.3, -0.25) is 4.79 Å². The van der Waals surface area contributed by atoms with Crippen LogP contribution in [0.4, 0.5) is 0 Å². The summed E-state index contributed by atoms with van der Waals surface area (Å²) in [5, 5.41) is 7.40. The number of morpholine rings is 1. The van der Waals surface area contributed by atoms with Crippen LogP contribution in [0.3, 0.4) is 0 Å². The lowest BCUT2D eigenvalue weighted by molar-refractivity contribution is -0.125. The molecule has 3 N–H and O–H groups in total. The van der Waals surface area contributed by atoms with Crippen molar-refractivity contribution >= 4 is 29.2 Å². The molecule has 0 radical (unpaired) electrons. The zero-order valence-electron chi connectivity index (χ0n) is 12.4. The maximum atomic E-state index is 11.9. The van der Waals surface area contributed by atoms with Gasteiger partial charge in [0, 0.05) is 30.2 Å². The molecule has 0 aliphatic carbocycles. The molecule has 1 atom stereocenters. The van der Waals surface area contributed by atoms with Crippen LogP contribution in [-0.4, -0.2) is 43.2 Å². The van der Waals surface area contributed by atoms with E-state index in [9.17, 15) is 4.79 Å². The summed E-state index contributed by atoms with van der Waals surface area (Å²) in [6.45, 7) is 2.59. The lowest BCUT2D eigenvalue weighted by atomic mass is 10.1. The number of rotatable bonds is 5. The summed E-state index contributed by atoms with van der Waals surface area (Å²) in [5.41, 5.74) is 2.47. The number of amides is 1. The highest BCUT2D eigenvalue weighted by atomic mass is 35.5. The van der Waals surface area contributed by atoms with E-state index in [2.05, 4.69) is 40.0 Å². The van der Waals surface area contributed by atoms with Gasteiger partial charge in [0.25, 0.3) is 0 Å². The van der Waals surface area contributed by atoms with Gasteiger partial charge >= 0.3 is 0 Å². The van der Waals surface area contributed by atoms with Crippen molar-refractivity contribution in [2.24, 2.45) is 0 Å². The van der Waals surface area contributed by atoms with E-state index in [1.54, 1.807) is 0 Å². The van der Waals surface area contributed by atoms with Crippen molar-refractivity contribution in [3.63, 3.8) is 0 Å². The quantitative estimate of drug-likeness (QED) is 0.733. The number of halogens is 1. The summed E-state index contributed by atoms with van der Waals surface area (Å²) in [5.74, 6) is 0.0358. The van der Waals surface area contributed by atoms with Gasteiger partial charge < -0.3 is 20.4 Å². The van der Waals surface area contributed by atoms with Crippen molar-refractivity contribution in [2.45, 2.75) is 18.9 Å². The van der Waals surface area contributed by atoms with Crippen molar-refractivity contribution in [1.82, 2.24) is 15.6 Å². The van der Waals surface area contributed by atoms with Crippen LogP contribution in [0, 0.1) is 0 Å². The Morgan fingerprint density at radius 3 is 3.05 bits per heavy atom. The van der Waals surface area contributed by atoms with Crippen LogP contribution in [0.15, 0.2) is 30.5 Å². The van der Waals surface area contributed by atoms with E-state index < -0.39 is 0 Å². The maximum absolute atomic E-state index is 11.9. The summed E-state index contributed by atoms with van der Waals surface area (Å²) >= 11 is 0. The van der Waals surface area contributed by atoms with Crippen LogP contribution in [0.25, 0.3) is 10.9 Å². The molecule has 1 aromatic carbocycles. The average Bonchev–Trinajstić information content (AvgIpc) is 2.95. The van der Waals surface area contributed by atoms with Gasteiger partial charge in [0.2, 0.25) is 5.91 Å². The molecule has 5 nitrogen and oxygen atoms in total. The molecule has 1 amide bonds. The number of nitrogens with one attached hydrogen (secondary N) is 3. The van der Waals surface area contributed by atoms with Crippen molar-refractivity contribution in [1.29, 1.82) is 0 Å². The van der Waals surface area contributed by atoms with Crippen molar-refractivity contribution in [2.75, 3.05) is 26.3 Å². The van der Waals surface area contributed by atoms with Gasteiger partial charge in [-0.1, -0.05) is 18.2 Å². The molecule has 6 heteroatoms. The largest absolute Gasteiger partial charge is 0.378 e. The molecule has 2 heterocycles. The van der Waals surface area contributed by atoms with Crippen molar-refractivity contribution in [3.8, 4) is 0 Å². The Balaban J connectivity index is 0.00000176. The molecular weight excluding hydrogens is 302 g/mol. The van der Waals surface area contributed by atoms with Gasteiger partial charge in [0.15, 0.2) is 0 Å². The van der Waals surface area contributed by atoms with E-state index in [1.807, 2.05) is 6.07 Å². The monoisotopic (exact) mass is 323 g/mol. The second-order valence-corrected chi connectivity index (χ2v) is 5.34. The first-order chi connectivity index (χ1) is 10.3. The fraction of sp³-hybridized carbons (Fsp3) is 0.438. The number of hydrogen-bond acceptors (Lipinski definition) is 3. The number of aromatic amines is 1. The predicted molar refractivity (Wildman–Crippen MR) is 89.5 cm³/mol. The summed E-state index contributed by atoms with van der Waals surface area (Å²) in [7, 11) is 0. The number of carbonyl (C=O) groups is 1. The van der Waals surface area contributed by atoms with Crippen LogP contribution in [0.5, 0.6) is 0 Å². The molecule has 1 aromatic heterocycles. The fourth-order valence-electron chi connectivity index (χ4n) is 2.69. The number of benzene rings is 1. The predicted octanol–water partition coefficient (Wildman–Crippen LogP) is 1.63. The Morgan fingerprint density at radius 1 is 1.36 bits per heavy atom. The first kappa shape index (κ1) is 16.8. The van der Waals surface area contributed by atoms with E-state index >= 15 is 0 Å². The minimum absolute atomic E-state index is 0. The maximum Gasteiger partial charge on any atom is 0.239 e. The molecule has 1 unspecified atom stereocenters. The van der Waals surface area contributed by atoms with E-state index in [-0.39, 0.29) is 24.4 Å². The lowest BCUT2D eigenvalue weighted by Crippen LogP contribution is -2.51. The number of ether oxygens (including phenoxy) is 1. The topological polar surface area (TPSA) is 66.2 Å². The fourth-order valence-corrected chi connectivity index (χ4v) is 2.69. The number of carbonyl (C=O) groups excluding carboxylic acids is 1. The van der Waals surface area contributed by atoms with E-state index in [0.29, 0.717) is 19.8 Å². The minimum atomic E-state index is -0.202. The molecule has 0 saturated carbocycles. The summed E-state index contributed by atoms with van der Waals surface area (Å²) < 4.78 is 5.29. The molecule has 120 valence electrons. The SMILES string of the molecule is Cl.O=C(NCCCc1c[nH]c2ccccc12)C1COCCN1. The summed E-state index contributed by atoms with van der Waals surface area (Å²) in [4.78, 5) is 15.2. The molecule has 1 saturated heterocycles. The average molecular weight is 324 g/mol. The summed E-state index contributed by atoms with van der Waals surface area (Å²) in [6, 6.07) is 8.09. The molecule has 1 aliphatic rings. The Kier molecular flexibility index (Phi) is 6.24. The molecule has 1 fully saturated rings. The Morgan fingerprint density at radius 2 is 2.23 bits per heavy atom. The number of para-hydroxylation sites is 1. The number of aromatic nitrogens is 1. The molecule has 22 heavy (non-hydrogen) atoms. The highest BCUT2D eigenvalue weighted by Gasteiger charge is 2.20. The van der Waals surface area contributed by atoms with Gasteiger partial charge in [0.1, 0.15) is 6.04 Å². The van der Waals surface area contributed by atoms with Gasteiger partial charge in [-0.2, -0.15) is 0 Å². The Labute approximate surface area is 136 Å². The van der Waals surface area contributed by atoms with Gasteiger partial charge in [0.05, 0.1) is 13.2 Å². The zero-order valence-corrected chi connectivity index (χ0v) is 13.2. The van der Waals surface area contributed by atoms with Crippen molar-refractivity contribution < 1.29 is 9.53 Å². The van der Waals surface area contributed by atoms with Gasteiger partial charge in [-0.05, 0) is 24.5 Å². The van der Waals surface area contributed by atoms with Crippen LogP contribution in [0.2, 0.25) is 0 Å². The third-order valence-electron chi connectivity index (χ3n) is 3.84. The Bertz CT molecular complexity index is 608. The van der Waals surface area contributed by atoms with E-state index in [0.717, 1.165) is 19.4 Å². The number of H-pyrrole nitrogens is 1. The third kappa shape index (κ3) is 4.00. The first-order valence-electron chi connectivity index (χ1n) is 7.48. The van der Waals surface area contributed by atoms with Crippen LogP contribution < -0.4 is 10.6 Å². The van der Waals surface area contributed by atoms with Crippen LogP contribution in [-0.2, 0) is 16.0 Å². The molecule has 3 rings (SSSR count). The second-order valence-electron chi connectivity index (χ2n) is 5.34. The lowest BCUT2D eigenvalue weighted by Gasteiger charge is -2.22. The second kappa shape index (κ2) is 8.17. The Hall–Kier alpha value is -1.56. The molecular formula is C16H22ClN3O2. The standard InChI is InChI=1S/C16H21N3O2.ClH/c20-16(15-11-21-9-8-17-15)18-7-3-4-12-10-19-14-6-2-1-5-13(12)14;/h1-2,5-6,10,15,17,19H,3-4,7-9,11H2,(H,18,20);1H. The number of aryl methyl sites for hydroxylation is 1. The normalized spacial score (nSPS) is 17.9. The molecule has 2 aromatic rings. The first-order valence-corrected chi connectivity index (χ1v) is 7.48. The van der Waals surface area contributed by atoms with E-state index in [1.165, 1.54) is 16.5 Å². The number of hydrogen-bond donors (Lipinski definition) is 3. The van der Waals surface area contributed by atoms with Gasteiger partial charge in [-0.25, -0.2) is 0 Å². The molecule has 0 spiro atoms. The van der Waals surface area contributed by atoms with Crippen LogP contribution >= 0.6 is 12.4 Å². The molecule has 0 bridgehead atoms. The number of fused-ring (bicyclic) bond motifs is 1. The van der Waals surface area contributed by atoms with Gasteiger partial charge in [-0.15, -0.1) is 12.4 Å². The van der Waals surface area contributed by atoms with Crippen molar-refractivity contribution in [3.05, 3.63) is 36.0 Å². The minimum Gasteiger partial charge on any atom is -0.378 e.